The van der Waals surface area contributed by atoms with Gasteiger partial charge in [-0.15, -0.1) is 0 Å². The van der Waals surface area contributed by atoms with Gasteiger partial charge in [0.2, 0.25) is 0 Å². The number of hydrogen-bond donors (Lipinski definition) is 1. The van der Waals surface area contributed by atoms with Crippen molar-refractivity contribution in [1.29, 1.82) is 0 Å². The normalized spacial score (nSPS) is 25.0. The molecule has 3 unspecified atom stereocenters. The molecule has 0 radical (unpaired) electrons. The predicted octanol–water partition coefficient (Wildman–Crippen LogP) is 4.03. The zero-order chi connectivity index (χ0) is 14.7. The van der Waals surface area contributed by atoms with Crippen LogP contribution in [0.3, 0.4) is 0 Å². The fraction of sp³-hybridized carbons (Fsp3) is 0.684. The van der Waals surface area contributed by atoms with Gasteiger partial charge in [-0.1, -0.05) is 43.5 Å². The molecule has 3 rings (SSSR count). The van der Waals surface area contributed by atoms with Gasteiger partial charge in [-0.05, 0) is 55.6 Å². The number of benzene rings is 1. The lowest BCUT2D eigenvalue weighted by Gasteiger charge is -2.38. The standard InChI is InChI=1S/C19H29NO/c1-2-21-19(14-8-4-3-5-9-14)18(20)13-16-12-15-10-6-7-11-17(15)16/h6-7,10-11,14,16,18-19H,2-5,8-9,12-13,20H2,1H3. The topological polar surface area (TPSA) is 35.2 Å². The van der Waals surface area contributed by atoms with Crippen molar-refractivity contribution in [3.63, 3.8) is 0 Å². The Labute approximate surface area is 129 Å². The molecule has 21 heavy (non-hydrogen) atoms. The van der Waals surface area contributed by atoms with Gasteiger partial charge in [0.15, 0.2) is 0 Å². The van der Waals surface area contributed by atoms with E-state index < -0.39 is 0 Å². The monoisotopic (exact) mass is 287 g/mol. The highest BCUT2D eigenvalue weighted by Crippen LogP contribution is 2.39. The molecule has 0 bridgehead atoms. The molecule has 0 aromatic heterocycles. The quantitative estimate of drug-likeness (QED) is 0.857. The zero-order valence-corrected chi connectivity index (χ0v) is 13.3. The second-order valence-electron chi connectivity index (χ2n) is 6.82. The zero-order valence-electron chi connectivity index (χ0n) is 13.3. The Balaban J connectivity index is 1.61. The molecular formula is C19H29NO. The SMILES string of the molecule is CCOC(C(N)CC1Cc2ccccc21)C1CCCCC1. The summed E-state index contributed by atoms with van der Waals surface area (Å²) in [5.41, 5.74) is 9.61. The fourth-order valence-electron chi connectivity index (χ4n) is 4.30. The number of fused-ring (bicyclic) bond motifs is 1. The van der Waals surface area contributed by atoms with Gasteiger partial charge >= 0.3 is 0 Å². The molecule has 2 nitrogen and oxygen atoms in total. The van der Waals surface area contributed by atoms with Crippen molar-refractivity contribution in [2.45, 2.75) is 69.9 Å². The summed E-state index contributed by atoms with van der Waals surface area (Å²) < 4.78 is 6.08. The van der Waals surface area contributed by atoms with Crippen LogP contribution in [-0.4, -0.2) is 18.8 Å². The summed E-state index contributed by atoms with van der Waals surface area (Å²) in [5, 5.41) is 0. The van der Waals surface area contributed by atoms with E-state index in [1.165, 1.54) is 49.7 Å². The Bertz CT molecular complexity index is 453. The van der Waals surface area contributed by atoms with E-state index >= 15 is 0 Å². The average Bonchev–Trinajstić information content (AvgIpc) is 2.51. The summed E-state index contributed by atoms with van der Waals surface area (Å²) in [6.45, 7) is 2.89. The van der Waals surface area contributed by atoms with Gasteiger partial charge in [-0.3, -0.25) is 0 Å². The molecular weight excluding hydrogens is 258 g/mol. The molecule has 0 saturated heterocycles. The number of ether oxygens (including phenoxy) is 1. The molecule has 1 saturated carbocycles. The lowest BCUT2D eigenvalue weighted by molar-refractivity contribution is -0.0125. The number of rotatable bonds is 6. The van der Waals surface area contributed by atoms with Gasteiger partial charge in [0, 0.05) is 12.6 Å². The minimum absolute atomic E-state index is 0.186. The summed E-state index contributed by atoms with van der Waals surface area (Å²) in [6.07, 6.45) is 9.26. The molecule has 0 spiro atoms. The van der Waals surface area contributed by atoms with Crippen LogP contribution >= 0.6 is 0 Å². The molecule has 1 aromatic carbocycles. The van der Waals surface area contributed by atoms with Crippen LogP contribution in [0, 0.1) is 5.92 Å². The van der Waals surface area contributed by atoms with Crippen LogP contribution in [-0.2, 0) is 11.2 Å². The highest BCUT2D eigenvalue weighted by molar-refractivity contribution is 5.39. The smallest absolute Gasteiger partial charge is 0.0754 e. The highest BCUT2D eigenvalue weighted by Gasteiger charge is 2.33. The van der Waals surface area contributed by atoms with Crippen molar-refractivity contribution < 1.29 is 4.74 Å². The Morgan fingerprint density at radius 3 is 2.67 bits per heavy atom. The van der Waals surface area contributed by atoms with Gasteiger partial charge in [-0.2, -0.15) is 0 Å². The van der Waals surface area contributed by atoms with E-state index in [2.05, 4.69) is 31.2 Å². The largest absolute Gasteiger partial charge is 0.377 e. The molecule has 0 heterocycles. The summed E-state index contributed by atoms with van der Waals surface area (Å²) in [5.74, 6) is 1.34. The third-order valence-corrected chi connectivity index (χ3v) is 5.41. The second kappa shape index (κ2) is 6.93. The summed E-state index contributed by atoms with van der Waals surface area (Å²) >= 11 is 0. The first kappa shape index (κ1) is 15.1. The first-order valence-corrected chi connectivity index (χ1v) is 8.74. The van der Waals surface area contributed by atoms with E-state index in [9.17, 15) is 0 Å². The highest BCUT2D eigenvalue weighted by atomic mass is 16.5. The maximum atomic E-state index is 6.58. The van der Waals surface area contributed by atoms with Crippen LogP contribution in [0.1, 0.15) is 62.5 Å². The third-order valence-electron chi connectivity index (χ3n) is 5.41. The third kappa shape index (κ3) is 3.32. The number of nitrogens with two attached hydrogens (primary N) is 1. The van der Waals surface area contributed by atoms with Crippen LogP contribution in [0.25, 0.3) is 0 Å². The van der Waals surface area contributed by atoms with Gasteiger partial charge in [0.25, 0.3) is 0 Å². The summed E-state index contributed by atoms with van der Waals surface area (Å²) in [4.78, 5) is 0. The van der Waals surface area contributed by atoms with Crippen LogP contribution < -0.4 is 5.73 Å². The minimum atomic E-state index is 0.186. The Kier molecular flexibility index (Phi) is 4.97. The molecule has 0 aliphatic heterocycles. The van der Waals surface area contributed by atoms with Gasteiger partial charge in [0.1, 0.15) is 0 Å². The van der Waals surface area contributed by atoms with E-state index in [0.29, 0.717) is 11.8 Å². The van der Waals surface area contributed by atoms with E-state index in [1.54, 1.807) is 0 Å². The summed E-state index contributed by atoms with van der Waals surface area (Å²) in [7, 11) is 0. The molecule has 2 aliphatic rings. The lowest BCUT2D eigenvalue weighted by Crippen LogP contribution is -2.44. The van der Waals surface area contributed by atoms with E-state index in [4.69, 9.17) is 10.5 Å². The van der Waals surface area contributed by atoms with Crippen LogP contribution in [0.15, 0.2) is 24.3 Å². The Hall–Kier alpha value is -0.860. The van der Waals surface area contributed by atoms with Gasteiger partial charge in [0.05, 0.1) is 6.10 Å². The molecule has 1 aromatic rings. The molecule has 1 fully saturated rings. The van der Waals surface area contributed by atoms with Crippen LogP contribution in [0.2, 0.25) is 0 Å². The lowest BCUT2D eigenvalue weighted by atomic mass is 9.72. The number of hydrogen-bond acceptors (Lipinski definition) is 2. The average molecular weight is 287 g/mol. The molecule has 2 heteroatoms. The van der Waals surface area contributed by atoms with E-state index in [0.717, 1.165) is 13.0 Å². The van der Waals surface area contributed by atoms with Gasteiger partial charge < -0.3 is 10.5 Å². The molecule has 2 aliphatic carbocycles. The minimum Gasteiger partial charge on any atom is -0.377 e. The van der Waals surface area contributed by atoms with Crippen molar-refractivity contribution in [3.8, 4) is 0 Å². The first-order valence-electron chi connectivity index (χ1n) is 8.74. The van der Waals surface area contributed by atoms with Crippen molar-refractivity contribution in [3.05, 3.63) is 35.4 Å². The molecule has 116 valence electrons. The Morgan fingerprint density at radius 2 is 1.95 bits per heavy atom. The van der Waals surface area contributed by atoms with Gasteiger partial charge in [-0.25, -0.2) is 0 Å². The van der Waals surface area contributed by atoms with Crippen molar-refractivity contribution in [2.24, 2.45) is 11.7 Å². The maximum absolute atomic E-state index is 6.58. The van der Waals surface area contributed by atoms with Crippen molar-refractivity contribution in [1.82, 2.24) is 0 Å². The molecule has 0 amide bonds. The summed E-state index contributed by atoms with van der Waals surface area (Å²) in [6, 6.07) is 8.99. The van der Waals surface area contributed by atoms with Crippen LogP contribution in [0.5, 0.6) is 0 Å². The van der Waals surface area contributed by atoms with Crippen LogP contribution in [0.4, 0.5) is 0 Å². The second-order valence-corrected chi connectivity index (χ2v) is 6.82. The van der Waals surface area contributed by atoms with Crippen molar-refractivity contribution >= 4 is 0 Å². The predicted molar refractivity (Wildman–Crippen MR) is 87.5 cm³/mol. The first-order chi connectivity index (χ1) is 10.3. The molecule has 3 atom stereocenters. The molecule has 2 N–H and O–H groups in total. The van der Waals surface area contributed by atoms with E-state index in [-0.39, 0.29) is 12.1 Å². The van der Waals surface area contributed by atoms with Crippen molar-refractivity contribution in [2.75, 3.05) is 6.61 Å². The maximum Gasteiger partial charge on any atom is 0.0754 e. The van der Waals surface area contributed by atoms with E-state index in [1.807, 2.05) is 0 Å². The Morgan fingerprint density at radius 1 is 1.19 bits per heavy atom. The fourth-order valence-corrected chi connectivity index (χ4v) is 4.30.